The summed E-state index contributed by atoms with van der Waals surface area (Å²) in [5.41, 5.74) is 4.01. The van der Waals surface area contributed by atoms with Crippen LogP contribution in [0.5, 0.6) is 0 Å². The molecule has 1 saturated heterocycles. The highest BCUT2D eigenvalue weighted by Crippen LogP contribution is 2.29. The third-order valence-electron chi connectivity index (χ3n) is 5.19. The lowest BCUT2D eigenvalue weighted by atomic mass is 10.1. The summed E-state index contributed by atoms with van der Waals surface area (Å²) in [4.78, 5) is 4.16. The zero-order valence-corrected chi connectivity index (χ0v) is 15.8. The number of nitrogens with zero attached hydrogens (tertiary/aromatic N) is 3. The minimum atomic E-state index is 0.415. The third kappa shape index (κ3) is 3.27. The first-order chi connectivity index (χ1) is 13.8. The topological polar surface area (TPSA) is 65.1 Å². The van der Waals surface area contributed by atoms with E-state index in [2.05, 4.69) is 39.4 Å². The van der Waals surface area contributed by atoms with Crippen molar-refractivity contribution in [2.45, 2.75) is 25.8 Å². The normalized spacial score (nSPS) is 15.2. The van der Waals surface area contributed by atoms with Gasteiger partial charge in [0.05, 0.1) is 17.9 Å². The Kier molecular flexibility index (Phi) is 4.33. The Labute approximate surface area is 163 Å². The number of aromatic nitrogens is 3. The minimum Gasteiger partial charge on any atom is -0.441 e. The van der Waals surface area contributed by atoms with Gasteiger partial charge in [-0.15, -0.1) is 0 Å². The number of nitrogens with one attached hydrogen (secondary N) is 1. The lowest BCUT2D eigenvalue weighted by molar-refractivity contribution is 0.0664. The molecule has 2 aromatic heterocycles. The Balaban J connectivity index is 1.40. The fourth-order valence-corrected chi connectivity index (χ4v) is 3.67. The van der Waals surface area contributed by atoms with E-state index in [4.69, 9.17) is 14.3 Å². The molecule has 6 nitrogen and oxygen atoms in total. The number of anilines is 2. The first-order valence-corrected chi connectivity index (χ1v) is 9.62. The van der Waals surface area contributed by atoms with Crippen LogP contribution < -0.4 is 5.32 Å². The number of rotatable bonds is 4. The molecule has 1 aliphatic heterocycles. The maximum Gasteiger partial charge on any atom is 0.191 e. The van der Waals surface area contributed by atoms with Gasteiger partial charge in [-0.25, -0.2) is 4.98 Å². The van der Waals surface area contributed by atoms with Crippen molar-refractivity contribution >= 4 is 22.3 Å². The SMILES string of the molecule is Cc1ncc(-c2ccc(Nc3cccc4cn(C5CCOCC5)nc34)cc2)o1. The lowest BCUT2D eigenvalue weighted by Crippen LogP contribution is -2.19. The van der Waals surface area contributed by atoms with Gasteiger partial charge < -0.3 is 14.5 Å². The fraction of sp³-hybridized carbons (Fsp3) is 0.273. The van der Waals surface area contributed by atoms with Gasteiger partial charge in [-0.05, 0) is 43.2 Å². The molecular formula is C22H22N4O2. The molecule has 0 atom stereocenters. The fourth-order valence-electron chi connectivity index (χ4n) is 3.67. The number of oxazole rings is 1. The standard InChI is InChI=1S/C22H22N4O2/c1-15-23-13-21(28-15)16-5-7-18(8-6-16)24-20-4-2-3-17-14-26(25-22(17)20)19-9-11-27-12-10-19/h2-8,13-14,19,24H,9-12H2,1H3. The molecule has 2 aromatic carbocycles. The lowest BCUT2D eigenvalue weighted by Gasteiger charge is -2.22. The highest BCUT2D eigenvalue weighted by molar-refractivity contribution is 5.92. The Bertz CT molecular complexity index is 1090. The number of fused-ring (bicyclic) bond motifs is 1. The van der Waals surface area contributed by atoms with Crippen LogP contribution in [0.15, 0.2) is 59.3 Å². The zero-order chi connectivity index (χ0) is 18.9. The average Bonchev–Trinajstić information content (AvgIpc) is 3.36. The van der Waals surface area contributed by atoms with Crippen LogP contribution in [0, 0.1) is 6.92 Å². The average molecular weight is 374 g/mol. The highest BCUT2D eigenvalue weighted by Gasteiger charge is 2.17. The quantitative estimate of drug-likeness (QED) is 0.539. The van der Waals surface area contributed by atoms with Crippen LogP contribution in [0.1, 0.15) is 24.8 Å². The molecule has 0 spiro atoms. The molecule has 5 rings (SSSR count). The summed E-state index contributed by atoms with van der Waals surface area (Å²) in [7, 11) is 0. The van der Waals surface area contributed by atoms with E-state index < -0.39 is 0 Å². The second-order valence-electron chi connectivity index (χ2n) is 7.14. The first kappa shape index (κ1) is 17.0. The third-order valence-corrected chi connectivity index (χ3v) is 5.19. The van der Waals surface area contributed by atoms with Crippen LogP contribution in [-0.2, 0) is 4.74 Å². The molecule has 28 heavy (non-hydrogen) atoms. The van der Waals surface area contributed by atoms with Crippen molar-refractivity contribution in [2.24, 2.45) is 0 Å². The molecule has 0 bridgehead atoms. The molecule has 4 aromatic rings. The van der Waals surface area contributed by atoms with E-state index in [0.717, 1.165) is 59.7 Å². The predicted octanol–water partition coefficient (Wildman–Crippen LogP) is 5.09. The van der Waals surface area contributed by atoms with Crippen molar-refractivity contribution in [3.8, 4) is 11.3 Å². The Morgan fingerprint density at radius 1 is 1.07 bits per heavy atom. The number of aryl methyl sites for hydroxylation is 1. The second kappa shape index (κ2) is 7.13. The van der Waals surface area contributed by atoms with Crippen molar-refractivity contribution in [3.05, 3.63) is 60.7 Å². The molecule has 6 heteroatoms. The van der Waals surface area contributed by atoms with Crippen molar-refractivity contribution in [1.29, 1.82) is 0 Å². The van der Waals surface area contributed by atoms with Gasteiger partial charge in [0, 0.05) is 43.0 Å². The summed E-state index contributed by atoms with van der Waals surface area (Å²) < 4.78 is 13.2. The van der Waals surface area contributed by atoms with E-state index in [9.17, 15) is 0 Å². The van der Waals surface area contributed by atoms with Gasteiger partial charge in [-0.3, -0.25) is 4.68 Å². The number of ether oxygens (including phenoxy) is 1. The largest absolute Gasteiger partial charge is 0.441 e. The van der Waals surface area contributed by atoms with Gasteiger partial charge in [0.1, 0.15) is 5.52 Å². The molecule has 1 N–H and O–H groups in total. The number of hydrogen-bond donors (Lipinski definition) is 1. The van der Waals surface area contributed by atoms with E-state index in [1.54, 1.807) is 6.20 Å². The van der Waals surface area contributed by atoms with Crippen molar-refractivity contribution in [3.63, 3.8) is 0 Å². The van der Waals surface area contributed by atoms with E-state index in [-0.39, 0.29) is 0 Å². The Hall–Kier alpha value is -3.12. The molecule has 0 saturated carbocycles. The van der Waals surface area contributed by atoms with Crippen molar-refractivity contribution in [2.75, 3.05) is 18.5 Å². The van der Waals surface area contributed by atoms with E-state index >= 15 is 0 Å². The molecule has 0 unspecified atom stereocenters. The molecule has 142 valence electrons. The molecule has 3 heterocycles. The highest BCUT2D eigenvalue weighted by atomic mass is 16.5. The smallest absolute Gasteiger partial charge is 0.191 e. The Morgan fingerprint density at radius 2 is 1.89 bits per heavy atom. The second-order valence-corrected chi connectivity index (χ2v) is 7.14. The minimum absolute atomic E-state index is 0.415. The Morgan fingerprint density at radius 3 is 2.64 bits per heavy atom. The molecular weight excluding hydrogens is 352 g/mol. The number of benzene rings is 2. The van der Waals surface area contributed by atoms with E-state index in [1.807, 2.05) is 31.2 Å². The molecule has 0 aliphatic carbocycles. The zero-order valence-electron chi connectivity index (χ0n) is 15.8. The monoisotopic (exact) mass is 374 g/mol. The van der Waals surface area contributed by atoms with Gasteiger partial charge in [0.25, 0.3) is 0 Å². The van der Waals surface area contributed by atoms with Gasteiger partial charge in [0.15, 0.2) is 11.7 Å². The molecule has 0 radical (unpaired) electrons. The molecule has 1 aliphatic rings. The maximum atomic E-state index is 5.59. The number of hydrogen-bond acceptors (Lipinski definition) is 5. The maximum absolute atomic E-state index is 5.59. The summed E-state index contributed by atoms with van der Waals surface area (Å²) in [6.45, 7) is 3.46. The van der Waals surface area contributed by atoms with Gasteiger partial charge in [0.2, 0.25) is 0 Å². The summed E-state index contributed by atoms with van der Waals surface area (Å²) in [6.07, 6.45) is 5.92. The predicted molar refractivity (Wildman–Crippen MR) is 109 cm³/mol. The van der Waals surface area contributed by atoms with E-state index in [0.29, 0.717) is 11.9 Å². The van der Waals surface area contributed by atoms with Crippen LogP contribution in [-0.4, -0.2) is 28.0 Å². The van der Waals surface area contributed by atoms with Crippen LogP contribution >= 0.6 is 0 Å². The molecule has 1 fully saturated rings. The van der Waals surface area contributed by atoms with Crippen LogP contribution in [0.3, 0.4) is 0 Å². The summed E-state index contributed by atoms with van der Waals surface area (Å²) in [5, 5.41) is 9.52. The van der Waals surface area contributed by atoms with E-state index in [1.165, 1.54) is 0 Å². The van der Waals surface area contributed by atoms with Gasteiger partial charge in [-0.1, -0.05) is 12.1 Å². The summed E-state index contributed by atoms with van der Waals surface area (Å²) in [6, 6.07) is 14.8. The van der Waals surface area contributed by atoms with Crippen LogP contribution in [0.25, 0.3) is 22.2 Å². The van der Waals surface area contributed by atoms with Gasteiger partial charge in [-0.2, -0.15) is 5.10 Å². The van der Waals surface area contributed by atoms with Gasteiger partial charge >= 0.3 is 0 Å². The summed E-state index contributed by atoms with van der Waals surface area (Å²) in [5.74, 6) is 1.45. The van der Waals surface area contributed by atoms with Crippen molar-refractivity contribution in [1.82, 2.24) is 14.8 Å². The first-order valence-electron chi connectivity index (χ1n) is 9.62. The van der Waals surface area contributed by atoms with Crippen LogP contribution in [0.2, 0.25) is 0 Å². The van der Waals surface area contributed by atoms with Crippen molar-refractivity contribution < 1.29 is 9.15 Å². The van der Waals surface area contributed by atoms with Crippen LogP contribution in [0.4, 0.5) is 11.4 Å². The molecule has 0 amide bonds. The summed E-state index contributed by atoms with van der Waals surface area (Å²) >= 11 is 0.